The summed E-state index contributed by atoms with van der Waals surface area (Å²) in [6, 6.07) is 7.63. The Kier molecular flexibility index (Phi) is 5.67. The van der Waals surface area contributed by atoms with E-state index in [0.717, 1.165) is 5.56 Å². The highest BCUT2D eigenvalue weighted by atomic mass is 35.5. The van der Waals surface area contributed by atoms with Crippen molar-refractivity contribution in [2.75, 3.05) is 0 Å². The Labute approximate surface area is 115 Å². The molecule has 0 aliphatic rings. The largest absolute Gasteiger partial charge is 0.353 e. The lowest BCUT2D eigenvalue weighted by atomic mass is 9.93. The molecule has 0 saturated heterocycles. The van der Waals surface area contributed by atoms with Crippen LogP contribution in [0.1, 0.15) is 33.3 Å². The smallest absolute Gasteiger partial charge is 0.224 e. The zero-order valence-electron chi connectivity index (χ0n) is 11.5. The molecule has 100 valence electrons. The molecule has 0 fully saturated rings. The van der Waals surface area contributed by atoms with Crippen LogP contribution in [0.2, 0.25) is 5.02 Å². The van der Waals surface area contributed by atoms with Crippen molar-refractivity contribution in [2.24, 2.45) is 11.8 Å². The van der Waals surface area contributed by atoms with Crippen LogP contribution >= 0.6 is 11.6 Å². The van der Waals surface area contributed by atoms with Crippen molar-refractivity contribution in [3.8, 4) is 0 Å². The minimum absolute atomic E-state index is 0.0738. The number of nitrogens with one attached hydrogen (secondary N) is 1. The summed E-state index contributed by atoms with van der Waals surface area (Å²) in [5.74, 6) is 0.961. The number of hydrogen-bond acceptors (Lipinski definition) is 1. The van der Waals surface area contributed by atoms with Crippen LogP contribution in [0.15, 0.2) is 24.3 Å². The maximum absolute atomic E-state index is 12.0. The van der Waals surface area contributed by atoms with E-state index in [1.807, 2.05) is 24.3 Å². The first kappa shape index (κ1) is 15.0. The molecular weight excluding hydrogens is 246 g/mol. The predicted octanol–water partition coefficient (Wildman–Crippen LogP) is 3.68. The summed E-state index contributed by atoms with van der Waals surface area (Å²) in [4.78, 5) is 12.0. The molecule has 0 heterocycles. The molecule has 0 aromatic heterocycles. The maximum atomic E-state index is 12.0. The van der Waals surface area contributed by atoms with Gasteiger partial charge in [-0.05, 0) is 29.5 Å². The molecule has 1 aromatic rings. The van der Waals surface area contributed by atoms with Crippen molar-refractivity contribution in [1.29, 1.82) is 0 Å². The molecule has 3 heteroatoms. The molecule has 0 spiro atoms. The summed E-state index contributed by atoms with van der Waals surface area (Å²) in [6.45, 7) is 8.53. The Morgan fingerprint density at radius 1 is 1.11 bits per heavy atom. The molecule has 0 aliphatic carbocycles. The van der Waals surface area contributed by atoms with Gasteiger partial charge < -0.3 is 5.32 Å². The molecule has 0 aliphatic heterocycles. The maximum Gasteiger partial charge on any atom is 0.224 e. The highest BCUT2D eigenvalue weighted by Gasteiger charge is 2.19. The van der Waals surface area contributed by atoms with E-state index in [2.05, 4.69) is 33.0 Å². The Bertz CT molecular complexity index is 376. The highest BCUT2D eigenvalue weighted by Crippen LogP contribution is 2.13. The van der Waals surface area contributed by atoms with Gasteiger partial charge in [-0.15, -0.1) is 0 Å². The predicted molar refractivity (Wildman–Crippen MR) is 76.8 cm³/mol. The zero-order valence-corrected chi connectivity index (χ0v) is 12.3. The number of benzene rings is 1. The summed E-state index contributed by atoms with van der Waals surface area (Å²) < 4.78 is 0. The van der Waals surface area contributed by atoms with Gasteiger partial charge in [-0.3, -0.25) is 4.79 Å². The summed E-state index contributed by atoms with van der Waals surface area (Å²) in [6.07, 6.45) is 0.410. The molecule has 0 radical (unpaired) electrons. The van der Waals surface area contributed by atoms with Crippen LogP contribution in [0.25, 0.3) is 0 Å². The van der Waals surface area contributed by atoms with Crippen molar-refractivity contribution < 1.29 is 4.79 Å². The lowest BCUT2D eigenvalue weighted by Crippen LogP contribution is -2.42. The normalized spacial score (nSPS) is 11.3. The minimum Gasteiger partial charge on any atom is -0.353 e. The fraction of sp³-hybridized carbons (Fsp3) is 0.533. The molecule has 0 saturated carbocycles. The number of rotatable bonds is 5. The standard InChI is InChI=1S/C15H22ClNO/c1-10(2)15(11(3)4)17-14(18)9-12-5-7-13(16)8-6-12/h5-8,10-11,15H,9H2,1-4H3,(H,17,18). The van der Waals surface area contributed by atoms with Gasteiger partial charge in [0.25, 0.3) is 0 Å². The van der Waals surface area contributed by atoms with E-state index in [1.54, 1.807) is 0 Å². The van der Waals surface area contributed by atoms with Crippen LogP contribution in [0.4, 0.5) is 0 Å². The van der Waals surface area contributed by atoms with Gasteiger partial charge in [-0.1, -0.05) is 51.4 Å². The zero-order chi connectivity index (χ0) is 13.7. The van der Waals surface area contributed by atoms with Crippen molar-refractivity contribution in [3.05, 3.63) is 34.9 Å². The first-order valence-electron chi connectivity index (χ1n) is 6.44. The third-order valence-corrected chi connectivity index (χ3v) is 3.29. The lowest BCUT2D eigenvalue weighted by molar-refractivity contribution is -0.121. The Morgan fingerprint density at radius 3 is 2.06 bits per heavy atom. The number of amides is 1. The second-order valence-corrected chi connectivity index (χ2v) is 5.82. The van der Waals surface area contributed by atoms with Gasteiger partial charge in [0.05, 0.1) is 6.42 Å². The molecule has 1 rings (SSSR count). The van der Waals surface area contributed by atoms with E-state index >= 15 is 0 Å². The lowest BCUT2D eigenvalue weighted by Gasteiger charge is -2.26. The van der Waals surface area contributed by atoms with Crippen molar-refractivity contribution in [3.63, 3.8) is 0 Å². The fourth-order valence-electron chi connectivity index (χ4n) is 2.13. The molecular formula is C15H22ClNO. The van der Waals surface area contributed by atoms with Gasteiger partial charge in [0.15, 0.2) is 0 Å². The van der Waals surface area contributed by atoms with Gasteiger partial charge >= 0.3 is 0 Å². The van der Waals surface area contributed by atoms with Gasteiger partial charge in [-0.2, -0.15) is 0 Å². The summed E-state index contributed by atoms with van der Waals surface area (Å²) >= 11 is 5.82. The average Bonchev–Trinajstić information content (AvgIpc) is 2.28. The number of halogens is 1. The van der Waals surface area contributed by atoms with Crippen LogP contribution in [-0.4, -0.2) is 11.9 Å². The Balaban J connectivity index is 2.58. The summed E-state index contributed by atoms with van der Waals surface area (Å²) in [5, 5.41) is 3.80. The number of carbonyl (C=O) groups excluding carboxylic acids is 1. The van der Waals surface area contributed by atoms with Crippen LogP contribution in [0, 0.1) is 11.8 Å². The van der Waals surface area contributed by atoms with E-state index in [1.165, 1.54) is 0 Å². The van der Waals surface area contributed by atoms with Gasteiger partial charge in [0.2, 0.25) is 5.91 Å². The highest BCUT2D eigenvalue weighted by molar-refractivity contribution is 6.30. The van der Waals surface area contributed by atoms with Crippen LogP contribution in [-0.2, 0) is 11.2 Å². The van der Waals surface area contributed by atoms with Gasteiger partial charge in [-0.25, -0.2) is 0 Å². The quantitative estimate of drug-likeness (QED) is 0.866. The number of hydrogen-bond donors (Lipinski definition) is 1. The SMILES string of the molecule is CC(C)C(NC(=O)Cc1ccc(Cl)cc1)C(C)C. The van der Waals surface area contributed by atoms with E-state index in [9.17, 15) is 4.79 Å². The van der Waals surface area contributed by atoms with Crippen LogP contribution < -0.4 is 5.32 Å². The molecule has 0 atom stereocenters. The number of carbonyl (C=O) groups is 1. The molecule has 0 bridgehead atoms. The van der Waals surface area contributed by atoms with E-state index in [4.69, 9.17) is 11.6 Å². The molecule has 0 unspecified atom stereocenters. The van der Waals surface area contributed by atoms with E-state index in [0.29, 0.717) is 23.3 Å². The monoisotopic (exact) mass is 267 g/mol. The second kappa shape index (κ2) is 6.79. The topological polar surface area (TPSA) is 29.1 Å². The molecule has 1 N–H and O–H groups in total. The first-order valence-corrected chi connectivity index (χ1v) is 6.81. The van der Waals surface area contributed by atoms with Gasteiger partial charge in [0.1, 0.15) is 0 Å². The third kappa shape index (κ3) is 4.69. The minimum atomic E-state index is 0.0738. The molecule has 1 aromatic carbocycles. The molecule has 1 amide bonds. The second-order valence-electron chi connectivity index (χ2n) is 5.38. The Morgan fingerprint density at radius 2 is 1.61 bits per heavy atom. The summed E-state index contributed by atoms with van der Waals surface area (Å²) in [7, 11) is 0. The Hall–Kier alpha value is -1.02. The van der Waals surface area contributed by atoms with E-state index in [-0.39, 0.29) is 11.9 Å². The molecule has 2 nitrogen and oxygen atoms in total. The van der Waals surface area contributed by atoms with Crippen molar-refractivity contribution >= 4 is 17.5 Å². The van der Waals surface area contributed by atoms with Crippen molar-refractivity contribution in [1.82, 2.24) is 5.32 Å². The van der Waals surface area contributed by atoms with Crippen LogP contribution in [0.5, 0.6) is 0 Å². The fourth-order valence-corrected chi connectivity index (χ4v) is 2.25. The van der Waals surface area contributed by atoms with Gasteiger partial charge in [0, 0.05) is 11.1 Å². The van der Waals surface area contributed by atoms with Crippen molar-refractivity contribution in [2.45, 2.75) is 40.2 Å². The third-order valence-electron chi connectivity index (χ3n) is 3.04. The first-order chi connectivity index (χ1) is 8.40. The summed E-state index contributed by atoms with van der Waals surface area (Å²) in [5.41, 5.74) is 0.989. The van der Waals surface area contributed by atoms with E-state index < -0.39 is 0 Å². The molecule has 18 heavy (non-hydrogen) atoms. The van der Waals surface area contributed by atoms with Crippen LogP contribution in [0.3, 0.4) is 0 Å². The average molecular weight is 268 g/mol.